The van der Waals surface area contributed by atoms with Gasteiger partial charge in [-0.3, -0.25) is 4.79 Å². The zero-order valence-corrected chi connectivity index (χ0v) is 20.5. The number of allylic oxidation sites excluding steroid dienone is 2. The highest BCUT2D eigenvalue weighted by molar-refractivity contribution is 5.99. The smallest absolute Gasteiger partial charge is 0.180 e. The fourth-order valence-corrected chi connectivity index (χ4v) is 9.55. The second-order valence-electron chi connectivity index (χ2n) is 12.7. The number of carbonyl (C=O) groups is 1. The summed E-state index contributed by atoms with van der Waals surface area (Å²) in [5, 5.41) is 33.5. The first-order valence-electron chi connectivity index (χ1n) is 13.0. The molecule has 0 unspecified atom stereocenters. The molecule has 5 aliphatic carbocycles. The van der Waals surface area contributed by atoms with Gasteiger partial charge < -0.3 is 5.11 Å². The van der Waals surface area contributed by atoms with Crippen LogP contribution in [0.5, 0.6) is 0 Å². The van der Waals surface area contributed by atoms with Crippen molar-refractivity contribution in [3.63, 3.8) is 0 Å². The van der Waals surface area contributed by atoms with Gasteiger partial charge in [-0.15, -0.1) is 0 Å². The van der Waals surface area contributed by atoms with Crippen LogP contribution in [0.2, 0.25) is 0 Å². The number of carbonyl (C=O) groups excluding carboxylic acids is 1. The van der Waals surface area contributed by atoms with Crippen LogP contribution in [-0.4, -0.2) is 26.3 Å². The zero-order valence-electron chi connectivity index (χ0n) is 20.5. The van der Waals surface area contributed by atoms with Crippen molar-refractivity contribution in [3.05, 3.63) is 28.6 Å². The molecule has 178 valence electrons. The molecule has 1 aromatic rings. The number of nitrogens with zero attached hydrogens (tertiary/aromatic N) is 4. The molecule has 5 aliphatic rings. The Morgan fingerprint density at radius 1 is 1.18 bits per heavy atom. The molecule has 1 N–H and O–H groups in total. The molecule has 4 fully saturated rings. The minimum atomic E-state index is -0.504. The van der Waals surface area contributed by atoms with Crippen LogP contribution < -0.4 is 0 Å². The molecular weight excluding hydrogens is 424 g/mol. The Balaban J connectivity index is 1.28. The largest absolute Gasteiger partial charge is 0.390 e. The Morgan fingerprint density at radius 3 is 2.71 bits per heavy atom. The van der Waals surface area contributed by atoms with Gasteiger partial charge in [0.25, 0.3) is 0 Å². The number of hydrogen-bond donors (Lipinski definition) is 1. The Kier molecular flexibility index (Phi) is 4.57. The van der Waals surface area contributed by atoms with E-state index in [-0.39, 0.29) is 34.5 Å². The van der Waals surface area contributed by atoms with Gasteiger partial charge in [-0.25, -0.2) is 4.68 Å². The average Bonchev–Trinajstić information content (AvgIpc) is 3.32. The van der Waals surface area contributed by atoms with E-state index in [1.54, 1.807) is 0 Å². The number of aromatic nitrogens is 2. The third kappa shape index (κ3) is 2.94. The van der Waals surface area contributed by atoms with E-state index in [0.29, 0.717) is 29.6 Å². The zero-order chi connectivity index (χ0) is 24.0. The maximum atomic E-state index is 13.7. The molecule has 1 aromatic heterocycles. The SMILES string of the molecule is C[C@@]1(O)CC[C@H]2[C@H](CC[C@]3(C)[C@@H]2CC[C@]2(C)C(C(=O)Cn4nc(C#N)cc4C#N)=C4C[C@H]4[C@@H]32)C1. The minimum absolute atomic E-state index is 0.0400. The Morgan fingerprint density at radius 2 is 1.97 bits per heavy atom. The summed E-state index contributed by atoms with van der Waals surface area (Å²) >= 11 is 0. The number of rotatable bonds is 3. The van der Waals surface area contributed by atoms with Gasteiger partial charge in [0, 0.05) is 11.6 Å². The molecule has 8 atom stereocenters. The van der Waals surface area contributed by atoms with Gasteiger partial charge >= 0.3 is 0 Å². The van der Waals surface area contributed by atoms with Crippen LogP contribution in [0.25, 0.3) is 0 Å². The van der Waals surface area contributed by atoms with Gasteiger partial charge in [-0.05, 0) is 98.7 Å². The van der Waals surface area contributed by atoms with E-state index in [9.17, 15) is 15.2 Å². The topological polar surface area (TPSA) is 103 Å². The summed E-state index contributed by atoms with van der Waals surface area (Å²) in [7, 11) is 0. The highest BCUT2D eigenvalue weighted by Gasteiger charge is 2.69. The summed E-state index contributed by atoms with van der Waals surface area (Å²) in [6, 6.07) is 5.50. The van der Waals surface area contributed by atoms with Crippen molar-refractivity contribution in [2.75, 3.05) is 0 Å². The predicted molar refractivity (Wildman–Crippen MR) is 125 cm³/mol. The number of hydrogen-bond acceptors (Lipinski definition) is 5. The molecule has 0 saturated heterocycles. The summed E-state index contributed by atoms with van der Waals surface area (Å²) in [5.74, 6) is 3.15. The van der Waals surface area contributed by atoms with E-state index in [1.807, 2.05) is 13.0 Å². The molecule has 6 rings (SSSR count). The van der Waals surface area contributed by atoms with Crippen molar-refractivity contribution in [1.82, 2.24) is 9.78 Å². The fourth-order valence-electron chi connectivity index (χ4n) is 9.55. The third-order valence-electron chi connectivity index (χ3n) is 10.7. The van der Waals surface area contributed by atoms with E-state index in [2.05, 4.69) is 25.0 Å². The van der Waals surface area contributed by atoms with E-state index in [1.165, 1.54) is 29.2 Å². The predicted octanol–water partition coefficient (Wildman–Crippen LogP) is 4.53. The highest BCUT2D eigenvalue weighted by atomic mass is 16.3. The van der Waals surface area contributed by atoms with Crippen molar-refractivity contribution in [1.29, 1.82) is 10.5 Å². The standard InChI is InChI=1S/C28H34N4O2/c1-26(34)7-5-19-16(12-26)4-8-27(2)22(19)6-9-28(3)24(20-11-21(20)25(27)28)23(33)15-32-18(14-30)10-17(13-29)31-32/h10,16,19,21-22,25,34H,4-9,11-12,15H2,1-3H3/t16-,19+,21-,22-,25+,26-,27-,28-/m1/s1. The first-order chi connectivity index (χ1) is 16.1. The highest BCUT2D eigenvalue weighted by Crippen LogP contribution is 2.76. The number of fused-ring (bicyclic) bond motifs is 7. The minimum Gasteiger partial charge on any atom is -0.390 e. The van der Waals surface area contributed by atoms with Gasteiger partial charge in [-0.2, -0.15) is 15.6 Å². The van der Waals surface area contributed by atoms with Crippen LogP contribution in [0.15, 0.2) is 17.2 Å². The van der Waals surface area contributed by atoms with Crippen molar-refractivity contribution in [3.8, 4) is 12.1 Å². The lowest BCUT2D eigenvalue weighted by Crippen LogP contribution is -2.56. The quantitative estimate of drug-likeness (QED) is 0.717. The van der Waals surface area contributed by atoms with Crippen LogP contribution in [0.3, 0.4) is 0 Å². The fraction of sp³-hybridized carbons (Fsp3) is 0.714. The van der Waals surface area contributed by atoms with Crippen molar-refractivity contribution in [2.45, 2.75) is 84.3 Å². The normalized spacial score (nSPS) is 44.2. The Hall–Kier alpha value is -2.44. The summed E-state index contributed by atoms with van der Waals surface area (Å²) in [6.07, 6.45) is 8.63. The number of ketones is 1. The van der Waals surface area contributed by atoms with Crippen molar-refractivity contribution < 1.29 is 9.90 Å². The summed E-state index contributed by atoms with van der Waals surface area (Å²) in [5.41, 5.74) is 2.46. The Bertz CT molecular complexity index is 1200. The monoisotopic (exact) mass is 458 g/mol. The molecule has 0 spiro atoms. The molecule has 1 heterocycles. The van der Waals surface area contributed by atoms with Crippen LogP contribution in [-0.2, 0) is 11.3 Å². The maximum absolute atomic E-state index is 13.7. The van der Waals surface area contributed by atoms with Crippen molar-refractivity contribution >= 4 is 5.78 Å². The van der Waals surface area contributed by atoms with Gasteiger partial charge in [0.15, 0.2) is 11.5 Å². The molecule has 4 saturated carbocycles. The number of nitriles is 2. The number of aliphatic hydroxyl groups is 1. The Labute approximate surface area is 201 Å². The lowest BCUT2D eigenvalue weighted by atomic mass is 9.42. The summed E-state index contributed by atoms with van der Waals surface area (Å²) in [4.78, 5) is 13.7. The van der Waals surface area contributed by atoms with Crippen molar-refractivity contribution in [2.24, 2.45) is 40.4 Å². The maximum Gasteiger partial charge on any atom is 0.180 e. The van der Waals surface area contributed by atoms with Gasteiger partial charge in [0.05, 0.1) is 5.60 Å². The molecule has 0 aromatic carbocycles. The first-order valence-corrected chi connectivity index (χ1v) is 13.0. The van der Waals surface area contributed by atoms with Gasteiger partial charge in [0.2, 0.25) is 0 Å². The van der Waals surface area contributed by atoms with Crippen LogP contribution in [0.1, 0.15) is 83.5 Å². The van der Waals surface area contributed by atoms with E-state index in [0.717, 1.165) is 44.1 Å². The second-order valence-corrected chi connectivity index (χ2v) is 12.7. The molecule has 0 radical (unpaired) electrons. The van der Waals surface area contributed by atoms with Gasteiger partial charge in [-0.1, -0.05) is 19.4 Å². The van der Waals surface area contributed by atoms with E-state index in [4.69, 9.17) is 5.26 Å². The summed E-state index contributed by atoms with van der Waals surface area (Å²) in [6.45, 7) is 6.91. The first kappa shape index (κ1) is 22.1. The lowest BCUT2D eigenvalue weighted by Gasteiger charge is -2.62. The molecule has 0 aliphatic heterocycles. The molecule has 6 nitrogen and oxygen atoms in total. The van der Waals surface area contributed by atoms with Crippen LogP contribution in [0, 0.1) is 63.1 Å². The lowest BCUT2D eigenvalue weighted by molar-refractivity contribution is -0.144. The van der Waals surface area contributed by atoms with E-state index < -0.39 is 5.60 Å². The molecule has 0 bridgehead atoms. The third-order valence-corrected chi connectivity index (χ3v) is 10.7. The second kappa shape index (κ2) is 7.05. The summed E-state index contributed by atoms with van der Waals surface area (Å²) < 4.78 is 1.41. The molecule has 6 heteroatoms. The van der Waals surface area contributed by atoms with Crippen LogP contribution >= 0.6 is 0 Å². The van der Waals surface area contributed by atoms with Gasteiger partial charge in [0.1, 0.15) is 24.4 Å². The van der Waals surface area contributed by atoms with E-state index >= 15 is 0 Å². The van der Waals surface area contributed by atoms with Crippen LogP contribution in [0.4, 0.5) is 0 Å². The molecule has 0 amide bonds. The number of Topliss-reactive ketones (excluding diaryl/α,β-unsaturated/α-hetero) is 1. The molecule has 34 heavy (non-hydrogen) atoms. The average molecular weight is 459 g/mol. The molecular formula is C28H34N4O2.